The summed E-state index contributed by atoms with van der Waals surface area (Å²) in [5.41, 5.74) is 6.00. The van der Waals surface area contributed by atoms with Crippen LogP contribution < -0.4 is 10.9 Å². The summed E-state index contributed by atoms with van der Waals surface area (Å²) in [6, 6.07) is 12.2. The Morgan fingerprint density at radius 3 is 2.19 bits per heavy atom. The second-order valence-electron chi connectivity index (χ2n) is 4.06. The minimum Gasteiger partial charge on any atom is -0.103 e. The van der Waals surface area contributed by atoms with Gasteiger partial charge >= 0.3 is 0 Å². The predicted molar refractivity (Wildman–Crippen MR) is 72.1 cm³/mol. The van der Waals surface area contributed by atoms with Crippen molar-refractivity contribution in [3.8, 4) is 11.1 Å². The van der Waals surface area contributed by atoms with Crippen molar-refractivity contribution >= 4 is 26.6 Å². The largest absolute Gasteiger partial charge is 0.113 e. The van der Waals surface area contributed by atoms with Gasteiger partial charge in [-0.25, -0.2) is 0 Å². The summed E-state index contributed by atoms with van der Waals surface area (Å²) >= 11 is 0. The van der Waals surface area contributed by atoms with Gasteiger partial charge in [0.05, 0.1) is 0 Å². The van der Waals surface area contributed by atoms with Crippen molar-refractivity contribution in [3.63, 3.8) is 0 Å². The SMILES string of the molecule is [B]c1ccc(-c2ccccc2C)c(C)c1[B]. The summed E-state index contributed by atoms with van der Waals surface area (Å²) < 4.78 is 0. The molecule has 0 saturated heterocycles. The van der Waals surface area contributed by atoms with Gasteiger partial charge in [0.2, 0.25) is 0 Å². The summed E-state index contributed by atoms with van der Waals surface area (Å²) in [7, 11) is 11.7. The van der Waals surface area contributed by atoms with Crippen LogP contribution in [0.5, 0.6) is 0 Å². The number of aryl methyl sites for hydroxylation is 1. The lowest BCUT2D eigenvalue weighted by Crippen LogP contribution is -2.28. The lowest BCUT2D eigenvalue weighted by atomic mass is 9.75. The summed E-state index contributed by atoms with van der Waals surface area (Å²) in [5.74, 6) is 0. The van der Waals surface area contributed by atoms with Crippen molar-refractivity contribution in [2.24, 2.45) is 0 Å². The molecule has 0 atom stereocenters. The van der Waals surface area contributed by atoms with Crippen LogP contribution in [0.3, 0.4) is 0 Å². The minimum absolute atomic E-state index is 0.648. The molecule has 74 valence electrons. The fraction of sp³-hybridized carbons (Fsp3) is 0.143. The first-order valence-electron chi connectivity index (χ1n) is 5.32. The molecule has 0 unspecified atom stereocenters. The highest BCUT2D eigenvalue weighted by Crippen LogP contribution is 2.24. The topological polar surface area (TPSA) is 0 Å². The molecule has 0 amide bonds. The van der Waals surface area contributed by atoms with Gasteiger partial charge in [-0.3, -0.25) is 0 Å². The number of hydrogen-bond donors (Lipinski definition) is 0. The molecule has 0 bridgehead atoms. The molecule has 0 saturated carbocycles. The van der Waals surface area contributed by atoms with Gasteiger partial charge in [0.15, 0.2) is 0 Å². The molecule has 0 aromatic heterocycles. The third-order valence-corrected chi connectivity index (χ3v) is 2.98. The summed E-state index contributed by atoms with van der Waals surface area (Å²) in [6.07, 6.45) is 0. The Hall–Kier alpha value is -1.43. The summed E-state index contributed by atoms with van der Waals surface area (Å²) in [4.78, 5) is 0. The van der Waals surface area contributed by atoms with E-state index in [4.69, 9.17) is 15.7 Å². The molecular formula is C14H12B2. The van der Waals surface area contributed by atoms with Gasteiger partial charge < -0.3 is 0 Å². The van der Waals surface area contributed by atoms with E-state index in [9.17, 15) is 0 Å². The van der Waals surface area contributed by atoms with Crippen LogP contribution in [0.1, 0.15) is 11.1 Å². The molecule has 4 radical (unpaired) electrons. The van der Waals surface area contributed by atoms with Gasteiger partial charge in [-0.1, -0.05) is 42.0 Å². The van der Waals surface area contributed by atoms with Crippen LogP contribution in [-0.2, 0) is 0 Å². The van der Waals surface area contributed by atoms with Crippen molar-refractivity contribution in [2.45, 2.75) is 13.8 Å². The Kier molecular flexibility index (Phi) is 2.91. The van der Waals surface area contributed by atoms with Crippen LogP contribution in [0.4, 0.5) is 0 Å². The van der Waals surface area contributed by atoms with E-state index in [0.29, 0.717) is 10.9 Å². The van der Waals surface area contributed by atoms with E-state index in [0.717, 1.165) is 11.1 Å². The van der Waals surface area contributed by atoms with E-state index in [2.05, 4.69) is 19.1 Å². The zero-order chi connectivity index (χ0) is 11.7. The maximum Gasteiger partial charge on any atom is 0.113 e. The highest BCUT2D eigenvalue weighted by molar-refractivity contribution is 6.49. The van der Waals surface area contributed by atoms with Crippen molar-refractivity contribution in [1.29, 1.82) is 0 Å². The second kappa shape index (κ2) is 4.21. The van der Waals surface area contributed by atoms with E-state index in [-0.39, 0.29) is 0 Å². The lowest BCUT2D eigenvalue weighted by molar-refractivity contribution is 1.43. The van der Waals surface area contributed by atoms with Crippen LogP contribution in [0, 0.1) is 13.8 Å². The first-order chi connectivity index (χ1) is 7.61. The number of hydrogen-bond acceptors (Lipinski definition) is 0. The van der Waals surface area contributed by atoms with E-state index >= 15 is 0 Å². The van der Waals surface area contributed by atoms with Gasteiger partial charge in [-0.15, -0.1) is 10.9 Å². The quantitative estimate of drug-likeness (QED) is 0.615. The number of benzene rings is 2. The van der Waals surface area contributed by atoms with E-state index < -0.39 is 0 Å². The Bertz CT molecular complexity index is 530. The molecule has 2 heteroatoms. The Morgan fingerprint density at radius 1 is 0.812 bits per heavy atom. The van der Waals surface area contributed by atoms with Crippen LogP contribution in [0.25, 0.3) is 11.1 Å². The number of rotatable bonds is 1. The van der Waals surface area contributed by atoms with Crippen LogP contribution in [0.15, 0.2) is 36.4 Å². The van der Waals surface area contributed by atoms with Gasteiger partial charge in [-0.2, -0.15) is 0 Å². The minimum atomic E-state index is 0.648. The highest BCUT2D eigenvalue weighted by Gasteiger charge is 2.06. The molecule has 0 aliphatic carbocycles. The summed E-state index contributed by atoms with van der Waals surface area (Å²) in [6.45, 7) is 4.11. The van der Waals surface area contributed by atoms with E-state index in [1.165, 1.54) is 11.1 Å². The molecule has 2 aromatic carbocycles. The molecule has 0 aliphatic heterocycles. The standard InChI is InChI=1S/C14H12B2/c1-9-5-3-4-6-11(9)12-7-8-13(15)14(16)10(12)2/h3-8H,1-2H3. The first kappa shape index (κ1) is 11.1. The fourth-order valence-electron chi connectivity index (χ4n) is 1.92. The Morgan fingerprint density at radius 2 is 1.50 bits per heavy atom. The Balaban J connectivity index is 2.66. The highest BCUT2D eigenvalue weighted by atomic mass is 14.1. The molecule has 16 heavy (non-hydrogen) atoms. The molecular weight excluding hydrogens is 190 g/mol. The van der Waals surface area contributed by atoms with Gasteiger partial charge in [0.1, 0.15) is 15.7 Å². The summed E-state index contributed by atoms with van der Waals surface area (Å²) in [5, 5.41) is 0. The maximum atomic E-state index is 5.95. The van der Waals surface area contributed by atoms with Gasteiger partial charge in [0.25, 0.3) is 0 Å². The van der Waals surface area contributed by atoms with E-state index in [1.807, 2.05) is 31.2 Å². The average Bonchev–Trinajstić information content (AvgIpc) is 2.28. The van der Waals surface area contributed by atoms with Crippen molar-refractivity contribution in [3.05, 3.63) is 47.5 Å². The lowest BCUT2D eigenvalue weighted by Gasteiger charge is -2.13. The second-order valence-corrected chi connectivity index (χ2v) is 4.06. The smallest absolute Gasteiger partial charge is 0.103 e. The van der Waals surface area contributed by atoms with Crippen LogP contribution in [-0.4, -0.2) is 15.7 Å². The monoisotopic (exact) mass is 202 g/mol. The third kappa shape index (κ3) is 1.80. The molecule has 0 spiro atoms. The van der Waals surface area contributed by atoms with Gasteiger partial charge in [-0.05, 0) is 30.5 Å². The zero-order valence-electron chi connectivity index (χ0n) is 9.62. The third-order valence-electron chi connectivity index (χ3n) is 2.98. The first-order valence-corrected chi connectivity index (χ1v) is 5.32. The zero-order valence-corrected chi connectivity index (χ0v) is 9.62. The van der Waals surface area contributed by atoms with Gasteiger partial charge in [0, 0.05) is 0 Å². The van der Waals surface area contributed by atoms with Crippen LogP contribution >= 0.6 is 0 Å². The molecule has 0 N–H and O–H groups in total. The maximum absolute atomic E-state index is 5.95. The van der Waals surface area contributed by atoms with Crippen molar-refractivity contribution in [1.82, 2.24) is 0 Å². The molecule has 0 aliphatic rings. The van der Waals surface area contributed by atoms with E-state index in [1.54, 1.807) is 0 Å². The molecule has 0 heterocycles. The normalized spacial score (nSPS) is 10.4. The molecule has 2 rings (SSSR count). The van der Waals surface area contributed by atoms with Crippen molar-refractivity contribution < 1.29 is 0 Å². The fourth-order valence-corrected chi connectivity index (χ4v) is 1.92. The molecule has 0 fully saturated rings. The van der Waals surface area contributed by atoms with Crippen molar-refractivity contribution in [2.75, 3.05) is 0 Å². The average molecular weight is 202 g/mol. The predicted octanol–water partition coefficient (Wildman–Crippen LogP) is 1.56. The molecule has 2 aromatic rings. The molecule has 0 nitrogen and oxygen atoms in total. The Labute approximate surface area is 99.5 Å². The van der Waals surface area contributed by atoms with Crippen LogP contribution in [0.2, 0.25) is 0 Å².